The largest absolute Gasteiger partial charge is 0.444 e. The van der Waals surface area contributed by atoms with E-state index >= 15 is 0 Å². The molecule has 0 aliphatic carbocycles. The third-order valence-corrected chi connectivity index (χ3v) is 3.53. The minimum atomic E-state index is -4.54. The number of aromatic nitrogens is 1. The third-order valence-electron chi connectivity index (χ3n) is 2.82. The summed E-state index contributed by atoms with van der Waals surface area (Å²) in [5.41, 5.74) is -1.37. The number of halogens is 4. The first-order chi connectivity index (χ1) is 10.3. The SMILES string of the molecule is CC(C)N(Cc1cc(C(F)(F)F)ncc1Br)C(=O)OC(C)(C)C. The van der Waals surface area contributed by atoms with Crippen LogP contribution < -0.4 is 0 Å². The molecular formula is C15H20BrF3N2O2. The predicted octanol–water partition coefficient (Wildman–Crippen LogP) is 5.01. The lowest BCUT2D eigenvalue weighted by atomic mass is 10.2. The van der Waals surface area contributed by atoms with Crippen LogP contribution >= 0.6 is 15.9 Å². The van der Waals surface area contributed by atoms with Gasteiger partial charge in [-0.2, -0.15) is 13.2 Å². The van der Waals surface area contributed by atoms with Crippen molar-refractivity contribution in [2.75, 3.05) is 0 Å². The van der Waals surface area contributed by atoms with Crippen molar-refractivity contribution in [1.82, 2.24) is 9.88 Å². The molecule has 0 saturated carbocycles. The van der Waals surface area contributed by atoms with Crippen molar-refractivity contribution < 1.29 is 22.7 Å². The van der Waals surface area contributed by atoms with Crippen LogP contribution in [0.2, 0.25) is 0 Å². The standard InChI is InChI=1S/C15H20BrF3N2O2/c1-9(2)21(13(22)23-14(3,4)5)8-10-6-12(15(17,18)19)20-7-11(10)16/h6-7,9H,8H2,1-5H3. The summed E-state index contributed by atoms with van der Waals surface area (Å²) in [6, 6.07) is 0.698. The molecule has 1 aromatic heterocycles. The van der Waals surface area contributed by atoms with Crippen molar-refractivity contribution in [3.05, 3.63) is 28.0 Å². The van der Waals surface area contributed by atoms with Gasteiger partial charge >= 0.3 is 12.3 Å². The van der Waals surface area contributed by atoms with Crippen LogP contribution in [-0.4, -0.2) is 27.6 Å². The van der Waals surface area contributed by atoms with E-state index in [1.54, 1.807) is 34.6 Å². The maximum absolute atomic E-state index is 12.8. The van der Waals surface area contributed by atoms with Gasteiger partial charge in [-0.3, -0.25) is 4.98 Å². The number of ether oxygens (including phenoxy) is 1. The number of carbonyl (C=O) groups excluding carboxylic acids is 1. The first-order valence-electron chi connectivity index (χ1n) is 7.02. The average molecular weight is 397 g/mol. The second kappa shape index (κ2) is 7.07. The highest BCUT2D eigenvalue weighted by Crippen LogP contribution is 2.30. The van der Waals surface area contributed by atoms with Crippen molar-refractivity contribution in [3.63, 3.8) is 0 Å². The van der Waals surface area contributed by atoms with E-state index in [9.17, 15) is 18.0 Å². The Bertz CT molecular complexity index is 569. The Kier molecular flexibility index (Phi) is 6.06. The van der Waals surface area contributed by atoms with Crippen molar-refractivity contribution in [1.29, 1.82) is 0 Å². The normalized spacial score (nSPS) is 12.4. The van der Waals surface area contributed by atoms with Crippen LogP contribution in [0.25, 0.3) is 0 Å². The molecule has 0 bridgehead atoms. The summed E-state index contributed by atoms with van der Waals surface area (Å²) in [5, 5.41) is 0. The molecule has 0 unspecified atom stereocenters. The quantitative estimate of drug-likeness (QED) is 0.720. The van der Waals surface area contributed by atoms with Crippen molar-refractivity contribution in [2.24, 2.45) is 0 Å². The van der Waals surface area contributed by atoms with Gasteiger partial charge < -0.3 is 9.64 Å². The minimum Gasteiger partial charge on any atom is -0.444 e. The number of rotatable bonds is 3. The second-order valence-corrected chi connectivity index (χ2v) is 7.22. The molecule has 0 aliphatic heterocycles. The van der Waals surface area contributed by atoms with Crippen LogP contribution in [0.5, 0.6) is 0 Å². The van der Waals surface area contributed by atoms with Crippen LogP contribution in [0.4, 0.5) is 18.0 Å². The molecule has 0 aromatic carbocycles. The number of hydrogen-bond donors (Lipinski definition) is 0. The molecule has 1 heterocycles. The molecule has 23 heavy (non-hydrogen) atoms. The first kappa shape index (κ1) is 19.7. The van der Waals surface area contributed by atoms with E-state index < -0.39 is 23.6 Å². The van der Waals surface area contributed by atoms with E-state index in [0.29, 0.717) is 10.0 Å². The summed E-state index contributed by atoms with van der Waals surface area (Å²) >= 11 is 3.18. The fourth-order valence-electron chi connectivity index (χ4n) is 1.72. The van der Waals surface area contributed by atoms with E-state index in [0.717, 1.165) is 12.3 Å². The van der Waals surface area contributed by atoms with Gasteiger partial charge in [-0.25, -0.2) is 4.79 Å². The number of amides is 1. The molecule has 0 spiro atoms. The molecule has 0 atom stereocenters. The number of pyridine rings is 1. The topological polar surface area (TPSA) is 42.4 Å². The Balaban J connectivity index is 3.08. The van der Waals surface area contributed by atoms with Gasteiger partial charge in [0.05, 0.1) is 6.54 Å². The molecule has 4 nitrogen and oxygen atoms in total. The minimum absolute atomic E-state index is 0.0151. The van der Waals surface area contributed by atoms with Crippen LogP contribution in [0.3, 0.4) is 0 Å². The van der Waals surface area contributed by atoms with E-state index in [-0.39, 0.29) is 12.6 Å². The van der Waals surface area contributed by atoms with Gasteiger partial charge in [0.2, 0.25) is 0 Å². The fraction of sp³-hybridized carbons (Fsp3) is 0.600. The molecule has 0 aliphatic rings. The molecule has 130 valence electrons. The number of carbonyl (C=O) groups is 1. The Hall–Kier alpha value is -1.31. The predicted molar refractivity (Wildman–Crippen MR) is 83.9 cm³/mol. The highest BCUT2D eigenvalue weighted by atomic mass is 79.9. The first-order valence-corrected chi connectivity index (χ1v) is 7.82. The monoisotopic (exact) mass is 396 g/mol. The van der Waals surface area contributed by atoms with Crippen LogP contribution in [0.1, 0.15) is 45.9 Å². The second-order valence-electron chi connectivity index (χ2n) is 6.36. The Morgan fingerprint density at radius 3 is 2.35 bits per heavy atom. The molecule has 0 N–H and O–H groups in total. The zero-order chi connectivity index (χ0) is 18.0. The van der Waals surface area contributed by atoms with Crippen LogP contribution in [-0.2, 0) is 17.5 Å². The van der Waals surface area contributed by atoms with Crippen molar-refractivity contribution >= 4 is 22.0 Å². The maximum atomic E-state index is 12.8. The van der Waals surface area contributed by atoms with Crippen molar-refractivity contribution in [3.8, 4) is 0 Å². The molecular weight excluding hydrogens is 377 g/mol. The summed E-state index contributed by atoms with van der Waals surface area (Å²) in [5.74, 6) is 0. The summed E-state index contributed by atoms with van der Waals surface area (Å²) in [6.45, 7) is 8.71. The summed E-state index contributed by atoms with van der Waals surface area (Å²) in [6.07, 6.45) is -4.03. The third kappa shape index (κ3) is 6.01. The molecule has 8 heteroatoms. The van der Waals surface area contributed by atoms with Gasteiger partial charge in [-0.15, -0.1) is 0 Å². The zero-order valence-electron chi connectivity index (χ0n) is 13.7. The lowest BCUT2D eigenvalue weighted by Gasteiger charge is -2.30. The van der Waals surface area contributed by atoms with Gasteiger partial charge in [-0.05, 0) is 62.2 Å². The van der Waals surface area contributed by atoms with Gasteiger partial charge in [0, 0.05) is 16.7 Å². The number of hydrogen-bond acceptors (Lipinski definition) is 3. The lowest BCUT2D eigenvalue weighted by molar-refractivity contribution is -0.141. The lowest BCUT2D eigenvalue weighted by Crippen LogP contribution is -2.40. The molecule has 1 rings (SSSR count). The van der Waals surface area contributed by atoms with Gasteiger partial charge in [0.15, 0.2) is 0 Å². The molecule has 0 fully saturated rings. The van der Waals surface area contributed by atoms with E-state index in [1.165, 1.54) is 4.90 Å². The highest BCUT2D eigenvalue weighted by molar-refractivity contribution is 9.10. The van der Waals surface area contributed by atoms with E-state index in [1.807, 2.05) is 0 Å². The molecule has 0 saturated heterocycles. The molecule has 1 amide bonds. The molecule has 0 radical (unpaired) electrons. The molecule has 1 aromatic rings. The number of nitrogens with zero attached hydrogens (tertiary/aromatic N) is 2. The fourth-order valence-corrected chi connectivity index (χ4v) is 2.06. The highest BCUT2D eigenvalue weighted by Gasteiger charge is 2.33. The van der Waals surface area contributed by atoms with Gasteiger partial charge in [-0.1, -0.05) is 0 Å². The summed E-state index contributed by atoms with van der Waals surface area (Å²) in [4.78, 5) is 17.0. The average Bonchev–Trinajstić information content (AvgIpc) is 2.33. The summed E-state index contributed by atoms with van der Waals surface area (Å²) < 4.78 is 44.1. The Morgan fingerprint density at radius 2 is 1.91 bits per heavy atom. The van der Waals surface area contributed by atoms with Crippen LogP contribution in [0, 0.1) is 0 Å². The Morgan fingerprint density at radius 1 is 1.35 bits per heavy atom. The van der Waals surface area contributed by atoms with Crippen LogP contribution in [0.15, 0.2) is 16.7 Å². The smallest absolute Gasteiger partial charge is 0.433 e. The van der Waals surface area contributed by atoms with Crippen molar-refractivity contribution in [2.45, 2.75) is 59.0 Å². The van der Waals surface area contributed by atoms with E-state index in [4.69, 9.17) is 4.74 Å². The Labute approximate surface area is 142 Å². The zero-order valence-corrected chi connectivity index (χ0v) is 15.2. The summed E-state index contributed by atoms with van der Waals surface area (Å²) in [7, 11) is 0. The van der Waals surface area contributed by atoms with E-state index in [2.05, 4.69) is 20.9 Å². The maximum Gasteiger partial charge on any atom is 0.433 e. The van der Waals surface area contributed by atoms with Gasteiger partial charge in [0.25, 0.3) is 0 Å². The number of alkyl halides is 3. The van der Waals surface area contributed by atoms with Gasteiger partial charge in [0.1, 0.15) is 11.3 Å².